The highest BCUT2D eigenvalue weighted by molar-refractivity contribution is 5.41. The third-order valence-electron chi connectivity index (χ3n) is 3.39. The van der Waals surface area contributed by atoms with Gasteiger partial charge in [-0.25, -0.2) is 4.79 Å². The topological polar surface area (TPSA) is 58.9 Å². The smallest absolute Gasteiger partial charge is 0.296 e. The second-order valence-electron chi connectivity index (χ2n) is 6.06. The quantitative estimate of drug-likeness (QED) is 0.903. The summed E-state index contributed by atoms with van der Waals surface area (Å²) >= 11 is 0. The minimum atomic E-state index is -0.503. The molecule has 1 aromatic carbocycles. The zero-order valence-electron chi connectivity index (χ0n) is 12.1. The molecule has 0 aliphatic heterocycles. The van der Waals surface area contributed by atoms with Gasteiger partial charge in [0, 0.05) is 6.42 Å². The van der Waals surface area contributed by atoms with Crippen LogP contribution in [0, 0.1) is 13.8 Å². The van der Waals surface area contributed by atoms with Crippen LogP contribution in [0.5, 0.6) is 0 Å². The first-order valence-electron chi connectivity index (χ1n) is 6.43. The minimum absolute atomic E-state index is 0.135. The summed E-state index contributed by atoms with van der Waals surface area (Å²) in [7, 11) is 0. The van der Waals surface area contributed by atoms with Gasteiger partial charge in [-0.2, -0.15) is 0 Å². The van der Waals surface area contributed by atoms with Gasteiger partial charge in [0.1, 0.15) is 0 Å². The number of hydrogen-bond acceptors (Lipinski definition) is 3. The predicted molar refractivity (Wildman–Crippen MR) is 74.5 cm³/mol. The Morgan fingerprint density at radius 1 is 1.21 bits per heavy atom. The van der Waals surface area contributed by atoms with E-state index in [1.54, 1.807) is 0 Å². The van der Waals surface area contributed by atoms with E-state index in [2.05, 4.69) is 61.4 Å². The molecule has 1 aromatic heterocycles. The zero-order chi connectivity index (χ0) is 14.2. The number of nitrogens with one attached hydrogen (secondary N) is 1. The monoisotopic (exact) mass is 260 g/mol. The average Bonchev–Trinajstić information content (AvgIpc) is 2.68. The number of H-pyrrole nitrogens is 1. The van der Waals surface area contributed by atoms with Gasteiger partial charge in [0.2, 0.25) is 0 Å². The van der Waals surface area contributed by atoms with Gasteiger partial charge in [-0.3, -0.25) is 9.51 Å². The standard InChI is InChI=1S/C15H20N2O2/c1-9-6-11(15(3,4)5)7-10(2)12(9)8-13-16-14(18)19-17-13/h6-7H,8H2,1-5H3,(H,16,17,18). The molecular formula is C15H20N2O2. The van der Waals surface area contributed by atoms with Gasteiger partial charge in [0.15, 0.2) is 5.82 Å². The molecule has 0 aliphatic rings. The van der Waals surface area contributed by atoms with Crippen LogP contribution in [0.1, 0.15) is 48.8 Å². The lowest BCUT2D eigenvalue weighted by atomic mass is 9.83. The first-order valence-corrected chi connectivity index (χ1v) is 6.43. The molecule has 19 heavy (non-hydrogen) atoms. The lowest BCUT2D eigenvalue weighted by Crippen LogP contribution is -2.13. The molecule has 1 N–H and O–H groups in total. The van der Waals surface area contributed by atoms with Crippen LogP contribution in [0.15, 0.2) is 21.5 Å². The second-order valence-corrected chi connectivity index (χ2v) is 6.06. The van der Waals surface area contributed by atoms with E-state index in [0.717, 1.165) is 0 Å². The number of nitrogens with zero attached hydrogens (tertiary/aromatic N) is 1. The molecule has 2 aromatic rings. The van der Waals surface area contributed by atoms with Gasteiger partial charge in [-0.15, -0.1) is 0 Å². The van der Waals surface area contributed by atoms with Gasteiger partial charge in [0.25, 0.3) is 0 Å². The summed E-state index contributed by atoms with van der Waals surface area (Å²) in [5.74, 6) is 0.0660. The summed E-state index contributed by atoms with van der Waals surface area (Å²) < 4.78 is 4.53. The first kappa shape index (κ1) is 13.6. The van der Waals surface area contributed by atoms with Gasteiger partial charge < -0.3 is 0 Å². The normalized spacial score (nSPS) is 11.8. The van der Waals surface area contributed by atoms with Gasteiger partial charge >= 0.3 is 5.76 Å². The zero-order valence-corrected chi connectivity index (χ0v) is 12.1. The van der Waals surface area contributed by atoms with Crippen LogP contribution in [0.25, 0.3) is 0 Å². The summed E-state index contributed by atoms with van der Waals surface area (Å²) in [5, 5.41) is 3.72. The van der Waals surface area contributed by atoms with Crippen molar-refractivity contribution < 1.29 is 4.52 Å². The Balaban J connectivity index is 2.40. The molecule has 0 aliphatic carbocycles. The molecule has 4 heteroatoms. The lowest BCUT2D eigenvalue weighted by Gasteiger charge is -2.22. The van der Waals surface area contributed by atoms with E-state index >= 15 is 0 Å². The van der Waals surface area contributed by atoms with Crippen LogP contribution in [0.4, 0.5) is 0 Å². The molecule has 0 bridgehead atoms. The first-order chi connectivity index (χ1) is 8.77. The van der Waals surface area contributed by atoms with E-state index < -0.39 is 5.76 Å². The highest BCUT2D eigenvalue weighted by Gasteiger charge is 2.17. The molecule has 0 radical (unpaired) electrons. The third kappa shape index (κ3) is 2.95. The summed E-state index contributed by atoms with van der Waals surface area (Å²) in [6.45, 7) is 10.8. The van der Waals surface area contributed by atoms with Crippen molar-refractivity contribution >= 4 is 0 Å². The van der Waals surface area contributed by atoms with Crippen LogP contribution in [0.3, 0.4) is 0 Å². The Labute approximate surface area is 112 Å². The maximum absolute atomic E-state index is 11.0. The Morgan fingerprint density at radius 2 is 1.79 bits per heavy atom. The number of aromatic amines is 1. The molecular weight excluding hydrogens is 240 g/mol. The van der Waals surface area contributed by atoms with Gasteiger partial charge in [0.05, 0.1) is 0 Å². The molecule has 0 spiro atoms. The van der Waals surface area contributed by atoms with Crippen molar-refractivity contribution in [3.63, 3.8) is 0 Å². The molecule has 0 unspecified atom stereocenters. The van der Waals surface area contributed by atoms with Crippen LogP contribution >= 0.6 is 0 Å². The Bertz CT molecular complexity index is 622. The Hall–Kier alpha value is -1.84. The van der Waals surface area contributed by atoms with Crippen molar-refractivity contribution in [1.29, 1.82) is 0 Å². The molecule has 0 atom stereocenters. The Kier molecular flexibility index (Phi) is 3.35. The number of aromatic nitrogens is 2. The van der Waals surface area contributed by atoms with E-state index in [0.29, 0.717) is 12.2 Å². The SMILES string of the molecule is Cc1cc(C(C)(C)C)cc(C)c1Cc1noc(=O)[nH]1. The molecule has 102 valence electrons. The van der Waals surface area contributed by atoms with Crippen molar-refractivity contribution in [3.05, 3.63) is 50.8 Å². The van der Waals surface area contributed by atoms with Crippen LogP contribution in [-0.2, 0) is 11.8 Å². The predicted octanol–water partition coefficient (Wildman–Crippen LogP) is 2.87. The molecule has 0 saturated carbocycles. The second kappa shape index (κ2) is 4.68. The van der Waals surface area contributed by atoms with E-state index in [9.17, 15) is 4.79 Å². The number of hydrogen-bond donors (Lipinski definition) is 1. The van der Waals surface area contributed by atoms with Crippen LogP contribution in [-0.4, -0.2) is 10.1 Å². The highest BCUT2D eigenvalue weighted by Crippen LogP contribution is 2.27. The van der Waals surface area contributed by atoms with Crippen molar-refractivity contribution in [2.24, 2.45) is 0 Å². The molecule has 0 amide bonds. The third-order valence-corrected chi connectivity index (χ3v) is 3.39. The molecule has 2 rings (SSSR count). The number of aryl methyl sites for hydroxylation is 2. The molecule has 0 saturated heterocycles. The van der Waals surface area contributed by atoms with Crippen molar-refractivity contribution in [3.8, 4) is 0 Å². The molecule has 0 fully saturated rings. The lowest BCUT2D eigenvalue weighted by molar-refractivity contribution is 0.382. The maximum Gasteiger partial charge on any atom is 0.438 e. The number of benzene rings is 1. The van der Waals surface area contributed by atoms with E-state index in [4.69, 9.17) is 0 Å². The summed E-state index contributed by atoms with van der Waals surface area (Å²) in [6, 6.07) is 4.42. The number of rotatable bonds is 2. The Morgan fingerprint density at radius 3 is 2.21 bits per heavy atom. The minimum Gasteiger partial charge on any atom is -0.296 e. The van der Waals surface area contributed by atoms with Crippen LogP contribution in [0.2, 0.25) is 0 Å². The van der Waals surface area contributed by atoms with Crippen molar-refractivity contribution in [2.75, 3.05) is 0 Å². The summed E-state index contributed by atoms with van der Waals surface area (Å²) in [5.41, 5.74) is 5.08. The fraction of sp³-hybridized carbons (Fsp3) is 0.467. The van der Waals surface area contributed by atoms with Gasteiger partial charge in [-0.05, 0) is 41.5 Å². The van der Waals surface area contributed by atoms with Crippen LogP contribution < -0.4 is 5.76 Å². The summed E-state index contributed by atoms with van der Waals surface area (Å²) in [6.07, 6.45) is 0.591. The molecule has 4 nitrogen and oxygen atoms in total. The van der Waals surface area contributed by atoms with Gasteiger partial charge in [-0.1, -0.05) is 38.1 Å². The average molecular weight is 260 g/mol. The largest absolute Gasteiger partial charge is 0.438 e. The van der Waals surface area contributed by atoms with E-state index in [1.165, 1.54) is 22.3 Å². The summed E-state index contributed by atoms with van der Waals surface area (Å²) in [4.78, 5) is 13.5. The van der Waals surface area contributed by atoms with Crippen molar-refractivity contribution in [1.82, 2.24) is 10.1 Å². The maximum atomic E-state index is 11.0. The van der Waals surface area contributed by atoms with E-state index in [1.807, 2.05) is 0 Å². The fourth-order valence-corrected chi connectivity index (χ4v) is 2.21. The fourth-order valence-electron chi connectivity index (χ4n) is 2.21. The van der Waals surface area contributed by atoms with E-state index in [-0.39, 0.29) is 5.41 Å². The molecule has 1 heterocycles. The highest BCUT2D eigenvalue weighted by atomic mass is 16.5. The van der Waals surface area contributed by atoms with Crippen molar-refractivity contribution in [2.45, 2.75) is 46.5 Å².